The maximum absolute atomic E-state index is 12.8. The van der Waals surface area contributed by atoms with Gasteiger partial charge in [0.2, 0.25) is 6.29 Å². The Hall–Kier alpha value is -3.25. The monoisotopic (exact) mass is 596 g/mol. The number of phenols is 3. The van der Waals surface area contributed by atoms with Crippen LogP contribution in [-0.4, -0.2) is 120 Å². The molecule has 15 heteroatoms. The van der Waals surface area contributed by atoms with Crippen LogP contribution in [0.1, 0.15) is 35.4 Å². The lowest BCUT2D eigenvalue weighted by Crippen LogP contribution is -2.61. The fourth-order valence-corrected chi connectivity index (χ4v) is 5.08. The molecule has 0 aliphatic carbocycles. The van der Waals surface area contributed by atoms with Crippen molar-refractivity contribution in [1.82, 2.24) is 0 Å². The second-order valence-corrected chi connectivity index (χ2v) is 10.4. The first-order chi connectivity index (χ1) is 19.8. The van der Waals surface area contributed by atoms with Crippen molar-refractivity contribution in [1.29, 1.82) is 0 Å². The summed E-state index contributed by atoms with van der Waals surface area (Å²) in [7, 11) is 0. The van der Waals surface area contributed by atoms with E-state index in [1.54, 1.807) is 0 Å². The van der Waals surface area contributed by atoms with Gasteiger partial charge >= 0.3 is 0 Å². The van der Waals surface area contributed by atoms with Crippen LogP contribution in [0.3, 0.4) is 0 Å². The zero-order chi connectivity index (χ0) is 30.5. The summed E-state index contributed by atoms with van der Waals surface area (Å²) in [6, 6.07) is 6.01. The molecular weight excluding hydrogens is 564 g/mol. The summed E-state index contributed by atoms with van der Waals surface area (Å²) >= 11 is 0. The van der Waals surface area contributed by atoms with E-state index in [2.05, 4.69) is 0 Å². The first-order valence-electron chi connectivity index (χ1n) is 13.1. The first kappa shape index (κ1) is 30.2. The van der Waals surface area contributed by atoms with E-state index in [9.17, 15) is 50.8 Å². The van der Waals surface area contributed by atoms with Crippen LogP contribution in [0, 0.1) is 0 Å². The standard InChI is InChI=1S/C27H32O15/c1-9-20(32)22(34)24(36)26(39-9)38-8-18-21(33)23(35)25(37)27(42-18)40-11-5-14(30)19-15(31)7-16(41-17(19)6-11)12-4-10(28)2-3-13(12)29/h2-6,9,16,18,20-30,32-37H,7-8H2,1H3/t9?,16?,18?,20-,21+,22?,23-,24-,25?,26+,27+/m0/s1. The van der Waals surface area contributed by atoms with Crippen LogP contribution in [0.2, 0.25) is 0 Å². The average molecular weight is 597 g/mol. The van der Waals surface area contributed by atoms with Crippen molar-refractivity contribution < 1.29 is 74.4 Å². The summed E-state index contributed by atoms with van der Waals surface area (Å²) < 4.78 is 27.9. The van der Waals surface area contributed by atoms with E-state index in [1.807, 2.05) is 0 Å². The summed E-state index contributed by atoms with van der Waals surface area (Å²) in [5.41, 5.74) is -0.0213. The minimum Gasteiger partial charge on any atom is -0.508 e. The van der Waals surface area contributed by atoms with Crippen molar-refractivity contribution in [2.45, 2.75) is 80.9 Å². The molecule has 2 aromatic carbocycles. The highest BCUT2D eigenvalue weighted by molar-refractivity contribution is 6.02. The van der Waals surface area contributed by atoms with Crippen LogP contribution in [0.4, 0.5) is 0 Å². The highest BCUT2D eigenvalue weighted by Gasteiger charge is 2.47. The minimum atomic E-state index is -1.79. The van der Waals surface area contributed by atoms with Crippen LogP contribution >= 0.6 is 0 Å². The molecule has 2 aromatic rings. The number of hydrogen-bond donors (Lipinski definition) is 9. The third-order valence-corrected chi connectivity index (χ3v) is 7.49. The van der Waals surface area contributed by atoms with Crippen LogP contribution in [0.15, 0.2) is 30.3 Å². The molecular formula is C27H32O15. The molecule has 2 saturated heterocycles. The molecule has 0 spiro atoms. The van der Waals surface area contributed by atoms with Crippen LogP contribution in [-0.2, 0) is 14.2 Å². The van der Waals surface area contributed by atoms with Gasteiger partial charge in [-0.2, -0.15) is 0 Å². The highest BCUT2D eigenvalue weighted by atomic mass is 16.7. The number of ether oxygens (including phenoxy) is 5. The number of Topliss-reactive ketones (excluding diaryl/α,β-unsaturated/α-hetero) is 1. The Bertz CT molecular complexity index is 1300. The molecule has 5 rings (SSSR count). The predicted molar refractivity (Wildman–Crippen MR) is 136 cm³/mol. The topological polar surface area (TPSA) is 245 Å². The Morgan fingerprint density at radius 1 is 0.810 bits per heavy atom. The molecule has 3 aliphatic heterocycles. The number of phenolic OH excluding ortho intramolecular Hbond substituents is 3. The van der Waals surface area contributed by atoms with Crippen molar-refractivity contribution in [3.63, 3.8) is 0 Å². The number of benzene rings is 2. The zero-order valence-electron chi connectivity index (χ0n) is 22.1. The Morgan fingerprint density at radius 3 is 2.24 bits per heavy atom. The number of aliphatic hydroxyl groups is 6. The maximum Gasteiger partial charge on any atom is 0.229 e. The molecule has 2 fully saturated rings. The van der Waals surface area contributed by atoms with E-state index in [0.717, 1.165) is 6.07 Å². The van der Waals surface area contributed by atoms with Crippen molar-refractivity contribution in [3.8, 4) is 28.7 Å². The second-order valence-electron chi connectivity index (χ2n) is 10.4. The first-order valence-corrected chi connectivity index (χ1v) is 13.1. The number of carbonyl (C=O) groups is 1. The third kappa shape index (κ3) is 5.70. The lowest BCUT2D eigenvalue weighted by atomic mass is 9.95. The molecule has 0 saturated carbocycles. The van der Waals surface area contributed by atoms with Crippen LogP contribution in [0.5, 0.6) is 28.7 Å². The Morgan fingerprint density at radius 2 is 1.50 bits per heavy atom. The van der Waals surface area contributed by atoms with Gasteiger partial charge in [-0.05, 0) is 25.1 Å². The number of fused-ring (bicyclic) bond motifs is 1. The molecule has 9 N–H and O–H groups in total. The maximum atomic E-state index is 12.8. The molecule has 230 valence electrons. The van der Waals surface area contributed by atoms with Gasteiger partial charge in [0, 0.05) is 17.7 Å². The van der Waals surface area contributed by atoms with E-state index in [-0.39, 0.29) is 40.5 Å². The van der Waals surface area contributed by atoms with Gasteiger partial charge in [0.25, 0.3) is 0 Å². The molecule has 5 unspecified atom stereocenters. The lowest BCUT2D eigenvalue weighted by Gasteiger charge is -2.42. The van der Waals surface area contributed by atoms with E-state index in [1.165, 1.54) is 31.2 Å². The fraction of sp³-hybridized carbons (Fsp3) is 0.519. The summed E-state index contributed by atoms with van der Waals surface area (Å²) in [5, 5.41) is 91.9. The average Bonchev–Trinajstić information content (AvgIpc) is 2.94. The molecule has 15 nitrogen and oxygen atoms in total. The largest absolute Gasteiger partial charge is 0.508 e. The van der Waals surface area contributed by atoms with Gasteiger partial charge in [0.1, 0.15) is 83.1 Å². The second kappa shape index (κ2) is 11.8. The van der Waals surface area contributed by atoms with Crippen LogP contribution < -0.4 is 9.47 Å². The summed E-state index contributed by atoms with van der Waals surface area (Å²) in [5.74, 6) is -1.72. The van der Waals surface area contributed by atoms with Gasteiger partial charge in [-0.25, -0.2) is 0 Å². The molecule has 3 heterocycles. The quantitative estimate of drug-likeness (QED) is 0.173. The Balaban J connectivity index is 1.31. The number of ketones is 1. The minimum absolute atomic E-state index is 0.127. The van der Waals surface area contributed by atoms with E-state index < -0.39 is 85.7 Å². The highest BCUT2D eigenvalue weighted by Crippen LogP contribution is 2.44. The molecule has 11 atom stereocenters. The van der Waals surface area contributed by atoms with E-state index in [0.29, 0.717) is 0 Å². The Labute approximate surface area is 238 Å². The number of rotatable bonds is 6. The van der Waals surface area contributed by atoms with Gasteiger partial charge in [-0.15, -0.1) is 0 Å². The van der Waals surface area contributed by atoms with E-state index >= 15 is 0 Å². The normalized spacial score (nSPS) is 36.6. The number of hydrogen-bond acceptors (Lipinski definition) is 15. The third-order valence-electron chi connectivity index (χ3n) is 7.49. The smallest absolute Gasteiger partial charge is 0.229 e. The van der Waals surface area contributed by atoms with Gasteiger partial charge in [0.15, 0.2) is 12.1 Å². The fourth-order valence-electron chi connectivity index (χ4n) is 5.08. The SMILES string of the molecule is CC1O[C@@H](OCC2O[C@@H](Oc3cc(O)c4c(c3)OC(c3cc(O)ccc3O)CC4=O)C(O)[C@@H](O)[C@@H]2O)[C@@H](O)C(O)[C@H]1O. The summed E-state index contributed by atoms with van der Waals surface area (Å²) in [6.45, 7) is 0.941. The number of carbonyl (C=O) groups excluding carboxylic acids is 1. The Kier molecular flexibility index (Phi) is 8.48. The zero-order valence-corrected chi connectivity index (χ0v) is 22.1. The van der Waals surface area contributed by atoms with Gasteiger partial charge < -0.3 is 69.6 Å². The van der Waals surface area contributed by atoms with Crippen molar-refractivity contribution in [3.05, 3.63) is 41.5 Å². The molecule has 0 amide bonds. The molecule has 3 aliphatic rings. The summed E-state index contributed by atoms with van der Waals surface area (Å²) in [4.78, 5) is 12.8. The van der Waals surface area contributed by atoms with Crippen molar-refractivity contribution in [2.75, 3.05) is 6.61 Å². The predicted octanol–water partition coefficient (Wildman–Crippen LogP) is -1.46. The lowest BCUT2D eigenvalue weighted by molar-refractivity contribution is -0.318. The van der Waals surface area contributed by atoms with E-state index in [4.69, 9.17) is 23.7 Å². The number of aliphatic hydroxyl groups excluding tert-OH is 6. The van der Waals surface area contributed by atoms with Gasteiger partial charge in [-0.1, -0.05) is 0 Å². The summed E-state index contributed by atoms with van der Waals surface area (Å²) in [6.07, 6.45) is -16.4. The molecule has 0 radical (unpaired) electrons. The number of aromatic hydroxyl groups is 3. The van der Waals surface area contributed by atoms with Crippen LogP contribution in [0.25, 0.3) is 0 Å². The van der Waals surface area contributed by atoms with Crippen molar-refractivity contribution in [2.24, 2.45) is 0 Å². The molecule has 0 aromatic heterocycles. The van der Waals surface area contributed by atoms with Gasteiger partial charge in [0.05, 0.1) is 19.1 Å². The molecule has 0 bridgehead atoms. The van der Waals surface area contributed by atoms with Gasteiger partial charge in [-0.3, -0.25) is 4.79 Å². The molecule has 42 heavy (non-hydrogen) atoms. The van der Waals surface area contributed by atoms with Crippen molar-refractivity contribution >= 4 is 5.78 Å².